The molecule has 1 amide bonds. The number of nitrogens with zero attached hydrogens (tertiary/aromatic N) is 3. The summed E-state index contributed by atoms with van der Waals surface area (Å²) in [6.45, 7) is 12.6. The van der Waals surface area contributed by atoms with Crippen LogP contribution in [-0.2, 0) is 6.54 Å². The summed E-state index contributed by atoms with van der Waals surface area (Å²) >= 11 is 0. The van der Waals surface area contributed by atoms with Gasteiger partial charge in [0.25, 0.3) is 5.91 Å². The molecule has 1 unspecified atom stereocenters. The van der Waals surface area contributed by atoms with E-state index in [1.807, 2.05) is 22.6 Å². The first-order valence-corrected chi connectivity index (χ1v) is 7.89. The molecule has 2 heterocycles. The lowest BCUT2D eigenvalue weighted by Crippen LogP contribution is -2.54. The van der Waals surface area contributed by atoms with Crippen LogP contribution in [0.1, 0.15) is 63.1 Å². The van der Waals surface area contributed by atoms with Crippen molar-refractivity contribution in [1.29, 1.82) is 0 Å². The lowest BCUT2D eigenvalue weighted by molar-refractivity contribution is 0.0521. The Morgan fingerprint density at radius 2 is 2.19 bits per heavy atom. The summed E-state index contributed by atoms with van der Waals surface area (Å²) in [5.41, 5.74) is 7.80. The van der Waals surface area contributed by atoms with Crippen molar-refractivity contribution >= 4 is 5.91 Å². The Balaban J connectivity index is 2.24. The van der Waals surface area contributed by atoms with E-state index in [4.69, 9.17) is 5.73 Å². The number of rotatable bonds is 3. The van der Waals surface area contributed by atoms with Crippen molar-refractivity contribution < 1.29 is 4.79 Å². The van der Waals surface area contributed by atoms with Gasteiger partial charge in [0.15, 0.2) is 0 Å². The van der Waals surface area contributed by atoms with Crippen molar-refractivity contribution in [1.82, 2.24) is 14.7 Å². The molecule has 1 saturated heterocycles. The number of hydrogen-bond donors (Lipinski definition) is 1. The van der Waals surface area contributed by atoms with Crippen LogP contribution in [0.25, 0.3) is 0 Å². The van der Waals surface area contributed by atoms with Gasteiger partial charge in [-0.2, -0.15) is 5.10 Å². The smallest absolute Gasteiger partial charge is 0.272 e. The van der Waals surface area contributed by atoms with Crippen molar-refractivity contribution in [2.24, 2.45) is 11.1 Å². The van der Waals surface area contributed by atoms with Gasteiger partial charge in [-0.1, -0.05) is 27.7 Å². The highest BCUT2D eigenvalue weighted by molar-refractivity contribution is 5.93. The number of nitrogens with two attached hydrogens (primary N) is 1. The highest BCUT2D eigenvalue weighted by Crippen LogP contribution is 2.29. The minimum atomic E-state index is -0.0359. The predicted molar refractivity (Wildman–Crippen MR) is 84.3 cm³/mol. The van der Waals surface area contributed by atoms with Crippen LogP contribution in [0.2, 0.25) is 0 Å². The van der Waals surface area contributed by atoms with Crippen LogP contribution in [0, 0.1) is 5.41 Å². The van der Waals surface area contributed by atoms with Crippen LogP contribution in [0.3, 0.4) is 0 Å². The maximum absolute atomic E-state index is 12.8. The summed E-state index contributed by atoms with van der Waals surface area (Å²) in [4.78, 5) is 14.8. The fourth-order valence-electron chi connectivity index (χ4n) is 2.84. The van der Waals surface area contributed by atoms with E-state index in [2.05, 4.69) is 32.8 Å². The number of aromatic nitrogens is 2. The molecule has 0 aromatic carbocycles. The Labute approximate surface area is 127 Å². The van der Waals surface area contributed by atoms with E-state index >= 15 is 0 Å². The lowest BCUT2D eigenvalue weighted by atomic mass is 9.79. The van der Waals surface area contributed by atoms with Crippen molar-refractivity contribution in [2.75, 3.05) is 13.1 Å². The molecular weight excluding hydrogens is 264 g/mol. The van der Waals surface area contributed by atoms with Crippen LogP contribution in [-0.4, -0.2) is 39.7 Å². The molecule has 0 radical (unpaired) electrons. The highest BCUT2D eigenvalue weighted by Gasteiger charge is 2.36. The van der Waals surface area contributed by atoms with Crippen LogP contribution in [0.5, 0.6) is 0 Å². The SMILES string of the molecule is CCn1nc(C(C)C)cc1C(=O)N1CCC(N)C(C)(C)C1. The number of carbonyl (C=O) groups excluding carboxylic acids is 1. The largest absolute Gasteiger partial charge is 0.337 e. The maximum atomic E-state index is 12.8. The van der Waals surface area contributed by atoms with Gasteiger partial charge in [-0.15, -0.1) is 0 Å². The molecule has 1 atom stereocenters. The zero-order valence-electron chi connectivity index (χ0n) is 13.9. The van der Waals surface area contributed by atoms with E-state index in [1.54, 1.807) is 0 Å². The van der Waals surface area contributed by atoms with Crippen molar-refractivity contribution in [3.8, 4) is 0 Å². The molecule has 2 rings (SSSR count). The third kappa shape index (κ3) is 3.12. The average molecular weight is 292 g/mol. The molecule has 1 aliphatic rings. The molecular formula is C16H28N4O. The molecule has 0 aliphatic carbocycles. The van der Waals surface area contributed by atoms with Gasteiger partial charge in [0, 0.05) is 25.7 Å². The van der Waals surface area contributed by atoms with Crippen molar-refractivity contribution in [3.05, 3.63) is 17.5 Å². The van der Waals surface area contributed by atoms with Gasteiger partial charge < -0.3 is 10.6 Å². The lowest BCUT2D eigenvalue weighted by Gasteiger charge is -2.42. The summed E-state index contributed by atoms with van der Waals surface area (Å²) < 4.78 is 1.82. The van der Waals surface area contributed by atoms with E-state index in [9.17, 15) is 4.79 Å². The van der Waals surface area contributed by atoms with Gasteiger partial charge in [0.2, 0.25) is 0 Å². The van der Waals surface area contributed by atoms with Gasteiger partial charge >= 0.3 is 0 Å². The Hall–Kier alpha value is -1.36. The number of hydrogen-bond acceptors (Lipinski definition) is 3. The van der Waals surface area contributed by atoms with Gasteiger partial charge in [0.1, 0.15) is 5.69 Å². The third-order valence-corrected chi connectivity index (χ3v) is 4.51. The molecule has 1 fully saturated rings. The second-order valence-corrected chi connectivity index (χ2v) is 7.04. The number of piperidine rings is 1. The van der Waals surface area contributed by atoms with Crippen LogP contribution >= 0.6 is 0 Å². The standard InChI is InChI=1S/C16H28N4O/c1-6-20-13(9-12(18-20)11(2)3)15(21)19-8-7-14(17)16(4,5)10-19/h9,11,14H,6-8,10,17H2,1-5H3. The van der Waals surface area contributed by atoms with Gasteiger partial charge in [-0.05, 0) is 30.7 Å². The number of likely N-dealkylation sites (tertiary alicyclic amines) is 1. The summed E-state index contributed by atoms with van der Waals surface area (Å²) in [6.07, 6.45) is 0.857. The van der Waals surface area contributed by atoms with Crippen LogP contribution < -0.4 is 5.73 Å². The van der Waals surface area contributed by atoms with Crippen molar-refractivity contribution in [3.63, 3.8) is 0 Å². The zero-order chi connectivity index (χ0) is 15.8. The Kier molecular flexibility index (Phi) is 4.42. The molecule has 1 aromatic rings. The molecule has 5 nitrogen and oxygen atoms in total. The molecule has 0 saturated carbocycles. The van der Waals surface area contributed by atoms with Gasteiger partial charge in [-0.3, -0.25) is 9.48 Å². The zero-order valence-corrected chi connectivity index (χ0v) is 13.9. The normalized spacial score (nSPS) is 21.9. The minimum absolute atomic E-state index is 0.0359. The molecule has 1 aromatic heterocycles. The third-order valence-electron chi connectivity index (χ3n) is 4.51. The second-order valence-electron chi connectivity index (χ2n) is 7.04. The number of amides is 1. The first-order valence-electron chi connectivity index (χ1n) is 7.89. The molecule has 1 aliphatic heterocycles. The van der Waals surface area contributed by atoms with Crippen LogP contribution in [0.15, 0.2) is 6.07 Å². The topological polar surface area (TPSA) is 64.2 Å². The second kappa shape index (κ2) is 5.79. The highest BCUT2D eigenvalue weighted by atomic mass is 16.2. The quantitative estimate of drug-likeness (QED) is 0.929. The summed E-state index contributed by atoms with van der Waals surface area (Å²) in [5.74, 6) is 0.409. The van der Waals surface area contributed by atoms with Gasteiger partial charge in [-0.25, -0.2) is 0 Å². The average Bonchev–Trinajstić information content (AvgIpc) is 2.85. The fourth-order valence-corrected chi connectivity index (χ4v) is 2.84. The maximum Gasteiger partial charge on any atom is 0.272 e. The summed E-state index contributed by atoms with van der Waals surface area (Å²) in [6, 6.07) is 2.10. The summed E-state index contributed by atoms with van der Waals surface area (Å²) in [5, 5.41) is 4.54. The van der Waals surface area contributed by atoms with E-state index < -0.39 is 0 Å². The van der Waals surface area contributed by atoms with Crippen LogP contribution in [0.4, 0.5) is 0 Å². The van der Waals surface area contributed by atoms with Crippen molar-refractivity contribution in [2.45, 2.75) is 59.5 Å². The Morgan fingerprint density at radius 1 is 1.52 bits per heavy atom. The van der Waals surface area contributed by atoms with E-state index in [-0.39, 0.29) is 17.4 Å². The summed E-state index contributed by atoms with van der Waals surface area (Å²) in [7, 11) is 0. The number of carbonyl (C=O) groups is 1. The predicted octanol–water partition coefficient (Wildman–Crippen LogP) is 2.23. The molecule has 2 N–H and O–H groups in total. The first kappa shape index (κ1) is 16.0. The molecule has 21 heavy (non-hydrogen) atoms. The molecule has 0 bridgehead atoms. The Morgan fingerprint density at radius 3 is 2.71 bits per heavy atom. The minimum Gasteiger partial charge on any atom is -0.337 e. The van der Waals surface area contributed by atoms with Gasteiger partial charge in [0.05, 0.1) is 5.69 Å². The van der Waals surface area contributed by atoms with E-state index in [1.165, 1.54) is 0 Å². The fraction of sp³-hybridized carbons (Fsp3) is 0.750. The number of aryl methyl sites for hydroxylation is 1. The Bertz CT molecular complexity index is 518. The monoisotopic (exact) mass is 292 g/mol. The first-order chi connectivity index (χ1) is 9.76. The molecule has 0 spiro atoms. The van der Waals surface area contributed by atoms with E-state index in [0.29, 0.717) is 24.7 Å². The molecule has 118 valence electrons. The molecule has 5 heteroatoms. The van der Waals surface area contributed by atoms with E-state index in [0.717, 1.165) is 18.7 Å².